The summed E-state index contributed by atoms with van der Waals surface area (Å²) in [5.74, 6) is 9.18. The van der Waals surface area contributed by atoms with Crippen LogP contribution in [0.2, 0.25) is 0 Å². The van der Waals surface area contributed by atoms with Gasteiger partial charge in [0, 0.05) is 160 Å². The van der Waals surface area contributed by atoms with Gasteiger partial charge in [0.2, 0.25) is 6.79 Å². The highest BCUT2D eigenvalue weighted by atomic mass is 32.2. The fourth-order valence-corrected chi connectivity index (χ4v) is 24.7. The Kier molecular flexibility index (Phi) is 29.3. The normalized spacial score (nSPS) is 16.3. The van der Waals surface area contributed by atoms with Crippen LogP contribution in [-0.4, -0.2) is 131 Å². The molecule has 0 saturated heterocycles. The van der Waals surface area contributed by atoms with Gasteiger partial charge in [-0.15, -0.1) is 45.8 Å². The molecule has 26 rings (SSSR count). The first-order chi connectivity index (χ1) is 70.5. The average molecular weight is 2000 g/mol. The molecule has 6 fully saturated rings. The molecule has 0 bridgehead atoms. The van der Waals surface area contributed by atoms with Gasteiger partial charge >= 0.3 is 0 Å². The van der Waals surface area contributed by atoms with Crippen molar-refractivity contribution in [1.29, 1.82) is 0 Å². The van der Waals surface area contributed by atoms with E-state index in [1.807, 2.05) is 146 Å². The van der Waals surface area contributed by atoms with E-state index in [4.69, 9.17) is 78.8 Å². The van der Waals surface area contributed by atoms with Crippen LogP contribution in [0.4, 0.5) is 34.9 Å². The molecule has 6 aliphatic carbocycles. The first-order valence-corrected chi connectivity index (χ1v) is 54.9. The van der Waals surface area contributed by atoms with Crippen molar-refractivity contribution in [1.82, 2.24) is 118 Å². The van der Waals surface area contributed by atoms with Gasteiger partial charge in [0.25, 0.3) is 0 Å². The van der Waals surface area contributed by atoms with Gasteiger partial charge in [0.1, 0.15) is 39.9 Å². The van der Waals surface area contributed by atoms with E-state index in [2.05, 4.69) is 94.7 Å². The molecule has 144 heavy (non-hydrogen) atoms. The summed E-state index contributed by atoms with van der Waals surface area (Å²) in [6.45, 7) is 6.75. The number of aromatic amines is 1. The lowest BCUT2D eigenvalue weighted by Gasteiger charge is -2.21. The Hall–Kier alpha value is -13.8. The van der Waals surface area contributed by atoms with Gasteiger partial charge in [0.05, 0.1) is 101 Å². The average Bonchev–Trinajstić information content (AvgIpc) is 1.60. The van der Waals surface area contributed by atoms with Crippen LogP contribution >= 0.6 is 45.8 Å². The minimum Gasteiger partial charge on any atom is -0.454 e. The first-order valence-electron chi connectivity index (χ1n) is 51.2. The van der Waals surface area contributed by atoms with E-state index in [-0.39, 0.29) is 6.79 Å². The van der Waals surface area contributed by atoms with Crippen molar-refractivity contribution in [3.8, 4) is 86.9 Å². The van der Waals surface area contributed by atoms with Crippen molar-refractivity contribution in [2.75, 3.05) is 47.5 Å². The molecule has 13 N–H and O–H groups in total. The quantitative estimate of drug-likeness (QED) is 0.0442. The molecule has 19 aromatic rings. The lowest BCUT2D eigenvalue weighted by molar-refractivity contribution is 0.174. The summed E-state index contributed by atoms with van der Waals surface area (Å²) in [6.07, 6.45) is 59.3. The zero-order valence-electron chi connectivity index (χ0n) is 82.0. The second kappa shape index (κ2) is 43.8. The van der Waals surface area contributed by atoms with Crippen LogP contribution in [0, 0.1) is 12.8 Å². The van der Waals surface area contributed by atoms with E-state index >= 15 is 0 Å². The Bertz CT molecular complexity index is 7480. The molecule has 742 valence electrons. The van der Waals surface area contributed by atoms with Crippen molar-refractivity contribution < 1.29 is 9.47 Å². The molecule has 0 atom stereocenters. The van der Waals surface area contributed by atoms with Crippen LogP contribution in [0.25, 0.3) is 109 Å². The predicted molar refractivity (Wildman–Crippen MR) is 576 cm³/mol. The number of pyridine rings is 1. The maximum Gasteiger partial charge on any atom is 0.231 e. The zero-order chi connectivity index (χ0) is 98.3. The summed E-state index contributed by atoms with van der Waals surface area (Å²) >= 11 is 6.66. The summed E-state index contributed by atoms with van der Waals surface area (Å²) in [7, 11) is 0. The second-order valence-corrected chi connectivity index (χ2v) is 43.2. The number of thioether (sulfide) groups is 1. The Labute approximate surface area is 852 Å². The highest BCUT2D eigenvalue weighted by Crippen LogP contribution is 2.46. The highest BCUT2D eigenvalue weighted by molar-refractivity contribution is 7.98. The van der Waals surface area contributed by atoms with Gasteiger partial charge < -0.3 is 43.9 Å². The predicted octanol–water partition coefficient (Wildman–Crippen LogP) is 24.3. The molecule has 36 heteroatoms. The Morgan fingerprint density at radius 2 is 0.764 bits per heavy atom. The summed E-state index contributed by atoms with van der Waals surface area (Å²) in [6, 6.07) is 34.2. The third kappa shape index (κ3) is 21.0. The molecule has 0 unspecified atom stereocenters. The molecule has 0 amide bonds. The zero-order valence-corrected chi connectivity index (χ0v) is 85.3. The number of fused-ring (bicyclic) bond motifs is 7. The fraction of sp³-hybridized carbons (Fsp3) is 0.398. The highest BCUT2D eigenvalue weighted by Gasteiger charge is 2.30. The summed E-state index contributed by atoms with van der Waals surface area (Å²) < 4.78 is 21.3. The summed E-state index contributed by atoms with van der Waals surface area (Å²) in [5, 5.41) is 36.7. The lowest BCUT2D eigenvalue weighted by atomic mass is 9.87. The summed E-state index contributed by atoms with van der Waals surface area (Å²) in [4.78, 5) is 50.9. The van der Waals surface area contributed by atoms with Gasteiger partial charge in [0.15, 0.2) is 45.4 Å². The maximum atomic E-state index is 6.34. The third-order valence-electron chi connectivity index (χ3n) is 29.1. The van der Waals surface area contributed by atoms with E-state index in [1.54, 1.807) is 85.3 Å². The van der Waals surface area contributed by atoms with Crippen molar-refractivity contribution >= 4 is 115 Å². The molecule has 18 heterocycles. The number of hydrogen-bond donors (Lipinski definition) is 7. The Morgan fingerprint density at radius 1 is 0.375 bits per heavy atom. The van der Waals surface area contributed by atoms with Crippen LogP contribution in [0.3, 0.4) is 0 Å². The molecular weight excluding hydrogens is 1880 g/mol. The smallest absolute Gasteiger partial charge is 0.231 e. The minimum atomic E-state index is 0.268. The van der Waals surface area contributed by atoms with Crippen LogP contribution in [0.15, 0.2) is 176 Å². The molecular formula is C108H124N30O2S4. The van der Waals surface area contributed by atoms with E-state index in [0.29, 0.717) is 76.3 Å². The largest absolute Gasteiger partial charge is 0.454 e. The van der Waals surface area contributed by atoms with Gasteiger partial charge in [-0.05, 0) is 132 Å². The number of rotatable bonds is 16. The number of aromatic nitrogens is 24. The molecule has 6 saturated carbocycles. The van der Waals surface area contributed by atoms with E-state index in [1.165, 1.54) is 198 Å². The Balaban J connectivity index is 0.000000102. The molecule has 2 aromatic carbocycles. The SMILES string of the molecule is CC(C)Cc1ncc(-c2cnn3c(N)cc(C4CCCCC4)nc23)s1.CSc1ccc(-c2cnn3c(N)cc(C4CCCCC4)nc23)cn1.Cc1nc(-c2ccccc2)sc1-c1cnn2c(N)cc(C3CCCCC3)nc12.Nc1cc(C2CCCCC2)nc2c(-c3ccc4c(c3)OCO4)cnn12.Nc1cc(C2CCCCC2)nc2c(-c3ccn[nH]3)cnn12.Nc1cc(C2CCCCC2)nc2c(-c3cncs3)cnn12. The number of nitrogens with zero attached hydrogens (tertiary/aromatic N) is 23. The molecule has 32 nitrogen and oxygen atoms in total. The van der Waals surface area contributed by atoms with E-state index in [9.17, 15) is 0 Å². The fourth-order valence-electron chi connectivity index (χ4n) is 21.5. The van der Waals surface area contributed by atoms with Gasteiger partial charge in [-0.25, -0.2) is 44.9 Å². The number of ether oxygens (including phenoxy) is 2. The molecule has 0 radical (unpaired) electrons. The first kappa shape index (κ1) is 96.3. The number of benzene rings is 2. The van der Waals surface area contributed by atoms with Crippen molar-refractivity contribution in [3.63, 3.8) is 0 Å². The van der Waals surface area contributed by atoms with E-state index in [0.717, 1.165) is 172 Å². The number of nitrogen functional groups attached to an aromatic ring is 6. The van der Waals surface area contributed by atoms with Gasteiger partial charge in [-0.1, -0.05) is 166 Å². The summed E-state index contributed by atoms with van der Waals surface area (Å²) in [5.41, 5.74) is 62.0. The van der Waals surface area contributed by atoms with Crippen LogP contribution in [0.1, 0.15) is 287 Å². The molecule has 1 aliphatic heterocycles. The number of H-pyrrole nitrogens is 1. The number of nitrogens with one attached hydrogen (secondary N) is 1. The van der Waals surface area contributed by atoms with Crippen LogP contribution < -0.4 is 43.9 Å². The minimum absolute atomic E-state index is 0.268. The van der Waals surface area contributed by atoms with Crippen molar-refractivity contribution in [2.24, 2.45) is 5.92 Å². The number of anilines is 6. The Morgan fingerprint density at radius 3 is 1.17 bits per heavy atom. The molecule has 0 spiro atoms. The lowest BCUT2D eigenvalue weighted by Crippen LogP contribution is -2.10. The van der Waals surface area contributed by atoms with Gasteiger partial charge in [-0.3, -0.25) is 10.1 Å². The standard InChI is InChI=1S/C22H23N5S.C19H25N5S.C19H20N4O2.C18H21N5S.C15H18N6.C15H17N5S/c1-14-20(28-22(25-14)16-10-6-3-7-11-16)17-13-24-27-19(23)12-18(26-21(17)27)15-8-4-2-5-9-15;1-12(2)8-18-21-11-16(25-18)14-10-22-24-17(20)9-15(23-19(14)24)13-6-4-3-5-7-13;20-18-9-15(12-4-2-1-3-5-12)22-19-14(10-21-23(18)19)13-6-7-16-17(8-13)25-11-24-16;1-24-17-8-7-13(10-20-17)14-11-21-23-16(19)9-15(22-18(14)23)12-5-3-2-4-6-12;16-14-8-13(10-4-2-1-3-5-10)19-15-11(9-18-21(14)15)12-6-7-17-20-12;16-14-6-12(10-4-2-1-3-5-10)19-15-11(7-18-20(14)15)13-8-17-9-21-13/h3,6-7,10-13,15H,2,4-5,8-9,23H2,1H3;9-13H,3-8,20H2,1-2H3;6-10,12H,1-5,11,20H2;7-12H,2-6,19H2,1H3;6-10H,1-5,16H2,(H,17,20);6-10H,1-5,16H2. The maximum absolute atomic E-state index is 6.34. The number of thiazole rings is 3. The van der Waals surface area contributed by atoms with Crippen molar-refractivity contribution in [3.05, 3.63) is 215 Å². The second-order valence-electron chi connectivity index (χ2n) is 39.4. The number of hydrogen-bond acceptors (Lipinski definition) is 29. The molecule has 17 aromatic heterocycles. The number of aryl methyl sites for hydroxylation is 1. The van der Waals surface area contributed by atoms with Crippen LogP contribution in [0.5, 0.6) is 11.5 Å². The molecule has 7 aliphatic rings. The topological polar surface area (TPSA) is 436 Å². The van der Waals surface area contributed by atoms with Gasteiger partial charge in [-0.2, -0.15) is 62.8 Å². The van der Waals surface area contributed by atoms with E-state index < -0.39 is 0 Å². The van der Waals surface area contributed by atoms with Crippen LogP contribution in [-0.2, 0) is 6.42 Å². The number of nitrogens with two attached hydrogens (primary N) is 6. The van der Waals surface area contributed by atoms with Crippen molar-refractivity contribution in [2.45, 2.75) is 260 Å². The third-order valence-corrected chi connectivity index (χ3v) is 32.9. The monoisotopic (exact) mass is 2000 g/mol.